The number of rotatable bonds is 7. The van der Waals surface area contributed by atoms with Crippen molar-refractivity contribution in [3.63, 3.8) is 0 Å². The third-order valence-corrected chi connectivity index (χ3v) is 3.88. The first-order chi connectivity index (χ1) is 10.2. The molecule has 0 saturated carbocycles. The van der Waals surface area contributed by atoms with Gasteiger partial charge in [-0.2, -0.15) is 5.10 Å². The lowest BCUT2D eigenvalue weighted by Crippen LogP contribution is -2.27. The number of aromatic nitrogens is 2. The van der Waals surface area contributed by atoms with Crippen molar-refractivity contribution < 1.29 is 4.79 Å². The van der Waals surface area contributed by atoms with Gasteiger partial charge in [0.15, 0.2) is 0 Å². The lowest BCUT2D eigenvalue weighted by Gasteiger charge is -2.15. The van der Waals surface area contributed by atoms with Gasteiger partial charge >= 0.3 is 0 Å². The van der Waals surface area contributed by atoms with E-state index in [1.165, 1.54) is 0 Å². The zero-order valence-corrected chi connectivity index (χ0v) is 13.8. The van der Waals surface area contributed by atoms with E-state index in [1.807, 2.05) is 37.4 Å². The molecule has 1 aromatic heterocycles. The molecule has 1 aromatic carbocycles. The van der Waals surface area contributed by atoms with Gasteiger partial charge in [0.25, 0.3) is 5.91 Å². The highest BCUT2D eigenvalue weighted by atomic mass is 79.9. The summed E-state index contributed by atoms with van der Waals surface area (Å²) in [6.45, 7) is 0.780. The van der Waals surface area contributed by atoms with Crippen molar-refractivity contribution in [2.75, 3.05) is 18.9 Å². The number of carbonyl (C=O) groups is 1. The second kappa shape index (κ2) is 7.98. The smallest absolute Gasteiger partial charge is 0.256 e. The molecule has 0 aliphatic carbocycles. The van der Waals surface area contributed by atoms with Gasteiger partial charge < -0.3 is 4.90 Å². The summed E-state index contributed by atoms with van der Waals surface area (Å²) in [4.78, 5) is 14.1. The van der Waals surface area contributed by atoms with Gasteiger partial charge in [-0.1, -0.05) is 40.5 Å². The molecule has 1 heterocycles. The first kappa shape index (κ1) is 15.8. The summed E-state index contributed by atoms with van der Waals surface area (Å²) < 4.78 is 1.73. The fourth-order valence-corrected chi connectivity index (χ4v) is 2.49. The summed E-state index contributed by atoms with van der Waals surface area (Å²) in [5.41, 5.74) is 1.58. The second-order valence-corrected chi connectivity index (χ2v) is 5.78. The molecule has 1 amide bonds. The average Bonchev–Trinajstić information content (AvgIpc) is 3.01. The maximum absolute atomic E-state index is 12.3. The molecule has 0 radical (unpaired) electrons. The molecule has 2 rings (SSSR count). The van der Waals surface area contributed by atoms with Crippen molar-refractivity contribution in [1.82, 2.24) is 14.7 Å². The van der Waals surface area contributed by atoms with E-state index in [-0.39, 0.29) is 5.91 Å². The predicted molar refractivity (Wildman–Crippen MR) is 88.2 cm³/mol. The molecular weight excluding hydrogens is 330 g/mol. The summed E-state index contributed by atoms with van der Waals surface area (Å²) in [5.74, 6) is 0.0241. The third kappa shape index (κ3) is 4.43. The van der Waals surface area contributed by atoms with Gasteiger partial charge in [0.05, 0.1) is 17.4 Å². The monoisotopic (exact) mass is 349 g/mol. The molecule has 4 nitrogen and oxygen atoms in total. The number of alkyl halides is 1. The van der Waals surface area contributed by atoms with E-state index in [9.17, 15) is 4.79 Å². The lowest BCUT2D eigenvalue weighted by molar-refractivity contribution is 0.0792. The minimum Gasteiger partial charge on any atom is -0.342 e. The van der Waals surface area contributed by atoms with E-state index >= 15 is 0 Å². The van der Waals surface area contributed by atoms with Crippen LogP contribution in [-0.4, -0.2) is 39.5 Å². The molecule has 5 heteroatoms. The molecule has 2 aromatic rings. The van der Waals surface area contributed by atoms with Crippen LogP contribution in [0.15, 0.2) is 42.7 Å². The van der Waals surface area contributed by atoms with Crippen LogP contribution in [0.2, 0.25) is 0 Å². The number of hydrogen-bond donors (Lipinski definition) is 0. The van der Waals surface area contributed by atoms with Gasteiger partial charge in [-0.15, -0.1) is 0 Å². The SMILES string of the molecule is CN(CCCCCBr)C(=O)c1cnn(-c2ccccc2)c1. The molecule has 0 saturated heterocycles. The van der Waals surface area contributed by atoms with E-state index < -0.39 is 0 Å². The molecule has 0 N–H and O–H groups in total. The minimum absolute atomic E-state index is 0.0241. The van der Waals surface area contributed by atoms with E-state index in [0.29, 0.717) is 5.56 Å². The third-order valence-electron chi connectivity index (χ3n) is 3.32. The fraction of sp³-hybridized carbons (Fsp3) is 0.375. The summed E-state index contributed by atoms with van der Waals surface area (Å²) in [6, 6.07) is 9.79. The Morgan fingerprint density at radius 3 is 2.71 bits per heavy atom. The van der Waals surface area contributed by atoms with E-state index in [1.54, 1.807) is 22.0 Å². The van der Waals surface area contributed by atoms with E-state index in [4.69, 9.17) is 0 Å². The number of carbonyl (C=O) groups excluding carboxylic acids is 1. The average molecular weight is 350 g/mol. The fourth-order valence-electron chi connectivity index (χ4n) is 2.10. The molecule has 112 valence electrons. The Bertz CT molecular complexity index is 568. The van der Waals surface area contributed by atoms with E-state index in [2.05, 4.69) is 21.0 Å². The number of hydrogen-bond acceptors (Lipinski definition) is 2. The molecule has 0 bridgehead atoms. The number of halogens is 1. The van der Waals surface area contributed by atoms with Crippen LogP contribution in [0.4, 0.5) is 0 Å². The Kier molecular flexibility index (Phi) is 5.99. The van der Waals surface area contributed by atoms with Gasteiger partial charge in [0.2, 0.25) is 0 Å². The highest BCUT2D eigenvalue weighted by Gasteiger charge is 2.13. The predicted octanol–water partition coefficient (Wildman–Crippen LogP) is 3.51. The van der Waals surface area contributed by atoms with Crippen LogP contribution in [0.1, 0.15) is 29.6 Å². The van der Waals surface area contributed by atoms with Crippen LogP contribution in [0.5, 0.6) is 0 Å². The molecule has 21 heavy (non-hydrogen) atoms. The van der Waals surface area contributed by atoms with Crippen LogP contribution in [0.3, 0.4) is 0 Å². The van der Waals surface area contributed by atoms with Crippen LogP contribution >= 0.6 is 15.9 Å². The molecule has 0 unspecified atom stereocenters. The van der Waals surface area contributed by atoms with Crippen LogP contribution in [0.25, 0.3) is 5.69 Å². The topological polar surface area (TPSA) is 38.1 Å². The van der Waals surface area contributed by atoms with Crippen molar-refractivity contribution in [3.8, 4) is 5.69 Å². The lowest BCUT2D eigenvalue weighted by atomic mass is 10.2. The summed E-state index contributed by atoms with van der Waals surface area (Å²) in [5, 5.41) is 5.28. The zero-order valence-electron chi connectivity index (χ0n) is 12.2. The molecule has 0 spiro atoms. The zero-order chi connectivity index (χ0) is 15.1. The number of para-hydroxylation sites is 1. The Labute approximate surface area is 133 Å². The van der Waals surface area contributed by atoms with Gasteiger partial charge in [0, 0.05) is 25.1 Å². The normalized spacial score (nSPS) is 10.6. The maximum atomic E-state index is 12.3. The molecule has 0 aliphatic rings. The number of benzene rings is 1. The maximum Gasteiger partial charge on any atom is 0.256 e. The van der Waals surface area contributed by atoms with Crippen molar-refractivity contribution >= 4 is 21.8 Å². The molecular formula is C16H20BrN3O. The van der Waals surface area contributed by atoms with Crippen LogP contribution in [0, 0.1) is 0 Å². The summed E-state index contributed by atoms with van der Waals surface area (Å²) in [6.07, 6.45) is 6.72. The largest absolute Gasteiger partial charge is 0.342 e. The van der Waals surface area contributed by atoms with Crippen LogP contribution < -0.4 is 0 Å². The number of unbranched alkanes of at least 4 members (excludes halogenated alkanes) is 2. The van der Waals surface area contributed by atoms with Crippen LogP contribution in [-0.2, 0) is 0 Å². The Hall–Kier alpha value is -1.62. The highest BCUT2D eigenvalue weighted by molar-refractivity contribution is 9.09. The Morgan fingerprint density at radius 1 is 1.24 bits per heavy atom. The van der Waals surface area contributed by atoms with Crippen molar-refractivity contribution in [1.29, 1.82) is 0 Å². The van der Waals surface area contributed by atoms with E-state index in [0.717, 1.165) is 36.8 Å². The number of amides is 1. The van der Waals surface area contributed by atoms with Crippen molar-refractivity contribution in [2.24, 2.45) is 0 Å². The second-order valence-electron chi connectivity index (χ2n) is 4.99. The first-order valence-corrected chi connectivity index (χ1v) is 8.26. The molecule has 0 atom stereocenters. The van der Waals surface area contributed by atoms with Gasteiger partial charge in [0.1, 0.15) is 0 Å². The highest BCUT2D eigenvalue weighted by Crippen LogP contribution is 2.10. The molecule has 0 aliphatic heterocycles. The quantitative estimate of drug-likeness (QED) is 0.566. The van der Waals surface area contributed by atoms with Gasteiger partial charge in [-0.25, -0.2) is 4.68 Å². The first-order valence-electron chi connectivity index (χ1n) is 7.14. The molecule has 0 fully saturated rings. The summed E-state index contributed by atoms with van der Waals surface area (Å²) in [7, 11) is 1.84. The van der Waals surface area contributed by atoms with Gasteiger partial charge in [-0.05, 0) is 25.0 Å². The van der Waals surface area contributed by atoms with Crippen molar-refractivity contribution in [3.05, 3.63) is 48.3 Å². The Morgan fingerprint density at radius 2 is 2.00 bits per heavy atom. The van der Waals surface area contributed by atoms with Gasteiger partial charge in [-0.3, -0.25) is 4.79 Å². The van der Waals surface area contributed by atoms with Crippen molar-refractivity contribution in [2.45, 2.75) is 19.3 Å². The number of nitrogens with zero attached hydrogens (tertiary/aromatic N) is 3. The Balaban J connectivity index is 1.95. The minimum atomic E-state index is 0.0241. The standard InChI is InChI=1S/C16H20BrN3O/c1-19(11-7-3-6-10-17)16(21)14-12-18-20(13-14)15-8-4-2-5-9-15/h2,4-5,8-9,12-13H,3,6-7,10-11H2,1H3. The summed E-state index contributed by atoms with van der Waals surface area (Å²) >= 11 is 3.42.